The Bertz CT molecular complexity index is 714. The average molecular weight is 338 g/mol. The maximum Gasteiger partial charge on any atom is 0.329 e. The Morgan fingerprint density at radius 3 is 2.56 bits per heavy atom. The number of hydrogen-bond acceptors (Lipinski definition) is 4. The summed E-state index contributed by atoms with van der Waals surface area (Å²) in [5.41, 5.74) is 1.50. The molecule has 1 atom stereocenters. The highest BCUT2D eigenvalue weighted by atomic mass is 16.5. The van der Waals surface area contributed by atoms with Crippen molar-refractivity contribution < 1.29 is 14.3 Å². The number of carbonyl (C=O) groups is 2. The average Bonchev–Trinajstić information content (AvgIpc) is 3.48. The van der Waals surface area contributed by atoms with E-state index in [1.807, 2.05) is 30.3 Å². The van der Waals surface area contributed by atoms with Crippen molar-refractivity contribution in [2.75, 3.05) is 6.61 Å². The van der Waals surface area contributed by atoms with Gasteiger partial charge < -0.3 is 9.64 Å². The maximum atomic E-state index is 13.0. The van der Waals surface area contributed by atoms with Gasteiger partial charge in [-0.2, -0.15) is 0 Å². The first kappa shape index (κ1) is 17.1. The highest BCUT2D eigenvalue weighted by Crippen LogP contribution is 2.31. The summed E-state index contributed by atoms with van der Waals surface area (Å²) in [5, 5.41) is 0. The summed E-state index contributed by atoms with van der Waals surface area (Å²) in [6.07, 6.45) is 5.45. The smallest absolute Gasteiger partial charge is 0.329 e. The third-order valence-electron chi connectivity index (χ3n) is 4.25. The van der Waals surface area contributed by atoms with Gasteiger partial charge >= 0.3 is 5.97 Å². The lowest BCUT2D eigenvalue weighted by molar-refractivity contribution is -0.148. The van der Waals surface area contributed by atoms with E-state index in [2.05, 4.69) is 4.98 Å². The number of nitrogens with zero attached hydrogens (tertiary/aromatic N) is 2. The van der Waals surface area contributed by atoms with Crippen LogP contribution in [0.3, 0.4) is 0 Å². The van der Waals surface area contributed by atoms with Crippen LogP contribution in [0, 0.1) is 0 Å². The van der Waals surface area contributed by atoms with E-state index in [9.17, 15) is 9.59 Å². The number of carbonyl (C=O) groups excluding carboxylic acids is 2. The van der Waals surface area contributed by atoms with Gasteiger partial charge in [-0.1, -0.05) is 30.3 Å². The molecule has 1 heterocycles. The molecule has 0 N–H and O–H groups in total. The molecule has 0 saturated heterocycles. The van der Waals surface area contributed by atoms with E-state index >= 15 is 0 Å². The van der Waals surface area contributed by atoms with Gasteiger partial charge in [-0.3, -0.25) is 9.78 Å². The number of rotatable bonds is 7. The number of amides is 1. The Kier molecular flexibility index (Phi) is 5.43. The second-order valence-corrected chi connectivity index (χ2v) is 6.14. The van der Waals surface area contributed by atoms with Crippen molar-refractivity contribution in [2.24, 2.45) is 0 Å². The van der Waals surface area contributed by atoms with E-state index in [1.54, 1.807) is 36.4 Å². The Hall–Kier alpha value is -2.69. The van der Waals surface area contributed by atoms with Crippen molar-refractivity contribution >= 4 is 11.9 Å². The molecule has 1 saturated carbocycles. The highest BCUT2D eigenvalue weighted by Gasteiger charge is 2.41. The fourth-order valence-corrected chi connectivity index (χ4v) is 2.92. The van der Waals surface area contributed by atoms with E-state index < -0.39 is 6.04 Å². The first-order valence-corrected chi connectivity index (χ1v) is 8.64. The molecule has 1 aliphatic carbocycles. The largest absolute Gasteiger partial charge is 0.464 e. The molecule has 0 radical (unpaired) electrons. The number of ether oxygens (including phenoxy) is 1. The quantitative estimate of drug-likeness (QED) is 0.729. The van der Waals surface area contributed by atoms with Crippen molar-refractivity contribution in [1.29, 1.82) is 0 Å². The predicted molar refractivity (Wildman–Crippen MR) is 94.0 cm³/mol. The van der Waals surface area contributed by atoms with E-state index in [0.717, 1.165) is 18.4 Å². The van der Waals surface area contributed by atoms with Gasteiger partial charge in [0.15, 0.2) is 0 Å². The Balaban J connectivity index is 1.90. The molecule has 3 rings (SSSR count). The van der Waals surface area contributed by atoms with E-state index in [4.69, 9.17) is 4.74 Å². The van der Waals surface area contributed by atoms with Crippen LogP contribution < -0.4 is 0 Å². The minimum atomic E-state index is -0.623. The molecule has 1 fully saturated rings. The van der Waals surface area contributed by atoms with E-state index in [-0.39, 0.29) is 17.9 Å². The lowest BCUT2D eigenvalue weighted by Gasteiger charge is -2.30. The zero-order chi connectivity index (χ0) is 17.6. The van der Waals surface area contributed by atoms with E-state index in [0.29, 0.717) is 18.6 Å². The molecule has 1 unspecified atom stereocenters. The number of pyridine rings is 1. The maximum absolute atomic E-state index is 13.0. The van der Waals surface area contributed by atoms with Gasteiger partial charge in [-0.15, -0.1) is 0 Å². The van der Waals surface area contributed by atoms with Crippen LogP contribution in [0.25, 0.3) is 0 Å². The third-order valence-corrected chi connectivity index (χ3v) is 4.25. The normalized spacial score (nSPS) is 14.6. The first-order valence-electron chi connectivity index (χ1n) is 8.64. The van der Waals surface area contributed by atoms with Crippen molar-refractivity contribution in [2.45, 2.75) is 38.3 Å². The number of hydrogen-bond donors (Lipinski definition) is 0. The van der Waals surface area contributed by atoms with Crippen LogP contribution in [0.2, 0.25) is 0 Å². The molecule has 5 nitrogen and oxygen atoms in total. The zero-order valence-corrected chi connectivity index (χ0v) is 14.3. The monoisotopic (exact) mass is 338 g/mol. The molecule has 130 valence electrons. The third kappa shape index (κ3) is 4.24. The summed E-state index contributed by atoms with van der Waals surface area (Å²) in [5.74, 6) is -0.514. The molecule has 25 heavy (non-hydrogen) atoms. The van der Waals surface area contributed by atoms with Crippen LogP contribution in [0.5, 0.6) is 0 Å². The van der Waals surface area contributed by atoms with Crippen molar-refractivity contribution in [3.63, 3.8) is 0 Å². The molecule has 5 heteroatoms. The van der Waals surface area contributed by atoms with Crippen LogP contribution >= 0.6 is 0 Å². The summed E-state index contributed by atoms with van der Waals surface area (Å²) in [7, 11) is 0. The van der Waals surface area contributed by atoms with Crippen molar-refractivity contribution in [3.05, 3.63) is 66.0 Å². The number of aromatic nitrogens is 1. The second kappa shape index (κ2) is 7.92. The van der Waals surface area contributed by atoms with Gasteiger partial charge in [0, 0.05) is 24.9 Å². The van der Waals surface area contributed by atoms with Gasteiger partial charge in [-0.25, -0.2) is 4.79 Å². The zero-order valence-electron chi connectivity index (χ0n) is 14.3. The number of esters is 1. The summed E-state index contributed by atoms with van der Waals surface area (Å²) in [6.45, 7) is 2.07. The summed E-state index contributed by atoms with van der Waals surface area (Å²) in [4.78, 5) is 31.4. The fourth-order valence-electron chi connectivity index (χ4n) is 2.92. The summed E-state index contributed by atoms with van der Waals surface area (Å²) < 4.78 is 5.27. The van der Waals surface area contributed by atoms with Gasteiger partial charge in [0.1, 0.15) is 6.04 Å². The van der Waals surface area contributed by atoms with Gasteiger partial charge in [0.2, 0.25) is 0 Å². The minimum Gasteiger partial charge on any atom is -0.464 e. The lowest BCUT2D eigenvalue weighted by Crippen LogP contribution is -2.48. The van der Waals surface area contributed by atoms with Crippen LogP contribution in [-0.4, -0.2) is 40.5 Å². The van der Waals surface area contributed by atoms with Crippen molar-refractivity contribution in [3.8, 4) is 0 Å². The minimum absolute atomic E-state index is 0.0887. The highest BCUT2D eigenvalue weighted by molar-refractivity contribution is 5.97. The Morgan fingerprint density at radius 2 is 1.96 bits per heavy atom. The van der Waals surface area contributed by atoms with Crippen LogP contribution in [-0.2, 0) is 16.0 Å². The molecule has 0 spiro atoms. The summed E-state index contributed by atoms with van der Waals surface area (Å²) in [6, 6.07) is 12.7. The van der Waals surface area contributed by atoms with E-state index in [1.165, 1.54) is 0 Å². The second-order valence-electron chi connectivity index (χ2n) is 6.14. The van der Waals surface area contributed by atoms with Gasteiger partial charge in [-0.05, 0) is 37.5 Å². The topological polar surface area (TPSA) is 59.5 Å². The van der Waals surface area contributed by atoms with Crippen molar-refractivity contribution in [1.82, 2.24) is 9.88 Å². The molecular weight excluding hydrogens is 316 g/mol. The molecule has 0 aliphatic heterocycles. The summed E-state index contributed by atoms with van der Waals surface area (Å²) >= 11 is 0. The first-order chi connectivity index (χ1) is 12.2. The molecule has 2 aromatic rings. The van der Waals surface area contributed by atoms with Crippen LogP contribution in [0.4, 0.5) is 0 Å². The SMILES string of the molecule is CCOC(=O)C(Cc1ccccc1)N(C(=O)c1cccnc1)C1CC1. The molecular formula is C20H22N2O3. The Morgan fingerprint density at radius 1 is 1.20 bits per heavy atom. The molecule has 1 amide bonds. The molecule has 0 bridgehead atoms. The van der Waals surface area contributed by atoms with Gasteiger partial charge in [0.25, 0.3) is 5.91 Å². The Labute approximate surface area is 147 Å². The predicted octanol–water partition coefficient (Wildman–Crippen LogP) is 2.86. The van der Waals surface area contributed by atoms with Crippen LogP contribution in [0.15, 0.2) is 54.9 Å². The van der Waals surface area contributed by atoms with Gasteiger partial charge in [0.05, 0.1) is 12.2 Å². The molecule has 1 aliphatic rings. The molecule has 1 aromatic heterocycles. The molecule has 1 aromatic carbocycles. The fraction of sp³-hybridized carbons (Fsp3) is 0.350. The standard InChI is InChI=1S/C20H22N2O3/c1-2-25-20(24)18(13-15-7-4-3-5-8-15)22(17-10-11-17)19(23)16-9-6-12-21-14-16/h3-9,12,14,17-18H,2,10-11,13H2,1H3. The van der Waals surface area contributed by atoms with Crippen LogP contribution in [0.1, 0.15) is 35.7 Å². The number of benzene rings is 1. The lowest BCUT2D eigenvalue weighted by atomic mass is 10.0.